The molecule has 2 aliphatic rings. The lowest BCUT2D eigenvalue weighted by atomic mass is 9.82. The molecule has 1 saturated heterocycles. The van der Waals surface area contributed by atoms with Gasteiger partial charge in [0.2, 0.25) is 5.91 Å². The zero-order valence-corrected chi connectivity index (χ0v) is 13.2. The van der Waals surface area contributed by atoms with E-state index in [1.807, 2.05) is 12.1 Å². The normalized spacial score (nSPS) is 24.9. The predicted octanol–water partition coefficient (Wildman–Crippen LogP) is 2.68. The number of fused-ring (bicyclic) bond motifs is 1. The first-order chi connectivity index (χ1) is 10.7. The Labute approximate surface area is 132 Å². The highest BCUT2D eigenvalue weighted by molar-refractivity contribution is 5.92. The lowest BCUT2D eigenvalue weighted by Crippen LogP contribution is -2.23. The smallest absolute Gasteiger partial charge is 0.248 e. The summed E-state index contributed by atoms with van der Waals surface area (Å²) in [6.45, 7) is 4.43. The third-order valence-corrected chi connectivity index (χ3v) is 5.08. The Balaban J connectivity index is 1.36. The fourth-order valence-electron chi connectivity index (χ4n) is 3.88. The van der Waals surface area contributed by atoms with Crippen molar-refractivity contribution in [1.82, 2.24) is 4.90 Å². The first-order valence-corrected chi connectivity index (χ1v) is 8.47. The molecule has 1 heterocycles. The molecule has 2 atom stereocenters. The van der Waals surface area contributed by atoms with E-state index in [1.165, 1.54) is 38.8 Å². The largest absolute Gasteiger partial charge is 0.494 e. The molecule has 2 unspecified atom stereocenters. The summed E-state index contributed by atoms with van der Waals surface area (Å²) in [4.78, 5) is 13.6. The highest BCUT2D eigenvalue weighted by Crippen LogP contribution is 2.35. The maximum Gasteiger partial charge on any atom is 0.248 e. The Morgan fingerprint density at radius 2 is 1.77 bits per heavy atom. The zero-order chi connectivity index (χ0) is 15.4. The molecule has 4 nitrogen and oxygen atoms in total. The molecule has 1 saturated carbocycles. The van der Waals surface area contributed by atoms with Gasteiger partial charge in [-0.15, -0.1) is 0 Å². The van der Waals surface area contributed by atoms with E-state index in [0.717, 1.165) is 37.2 Å². The van der Waals surface area contributed by atoms with Crippen LogP contribution in [0.2, 0.25) is 0 Å². The summed E-state index contributed by atoms with van der Waals surface area (Å²) >= 11 is 0. The van der Waals surface area contributed by atoms with Crippen LogP contribution < -0.4 is 10.5 Å². The average Bonchev–Trinajstić information content (AvgIpc) is 2.95. The maximum atomic E-state index is 11.0. The van der Waals surface area contributed by atoms with Gasteiger partial charge in [-0.1, -0.05) is 12.8 Å². The quantitative estimate of drug-likeness (QED) is 0.822. The number of nitrogens with zero attached hydrogens (tertiary/aromatic N) is 1. The second-order valence-corrected chi connectivity index (χ2v) is 6.65. The van der Waals surface area contributed by atoms with Crippen LogP contribution in [0.1, 0.15) is 42.5 Å². The van der Waals surface area contributed by atoms with Crippen LogP contribution in [0.3, 0.4) is 0 Å². The molecule has 2 N–H and O–H groups in total. The highest BCUT2D eigenvalue weighted by Gasteiger charge is 2.33. The van der Waals surface area contributed by atoms with Gasteiger partial charge in [-0.2, -0.15) is 0 Å². The monoisotopic (exact) mass is 302 g/mol. The van der Waals surface area contributed by atoms with Crippen LogP contribution in [0.5, 0.6) is 5.75 Å². The number of likely N-dealkylation sites (tertiary alicyclic amines) is 1. The number of carbonyl (C=O) groups excluding carboxylic acids is 1. The Morgan fingerprint density at radius 1 is 1.14 bits per heavy atom. The van der Waals surface area contributed by atoms with Crippen molar-refractivity contribution in [1.29, 1.82) is 0 Å². The highest BCUT2D eigenvalue weighted by atomic mass is 16.5. The minimum Gasteiger partial charge on any atom is -0.494 e. The maximum absolute atomic E-state index is 11.0. The SMILES string of the molecule is NC(=O)c1ccc(OCCCN2CC3CCCCC3C2)cc1. The van der Waals surface area contributed by atoms with Crippen LogP contribution in [0.4, 0.5) is 0 Å². The molecule has 3 rings (SSSR count). The van der Waals surface area contributed by atoms with E-state index in [0.29, 0.717) is 5.56 Å². The van der Waals surface area contributed by atoms with Crippen molar-refractivity contribution in [3.8, 4) is 5.75 Å². The summed E-state index contributed by atoms with van der Waals surface area (Å²) in [6.07, 6.45) is 6.78. The van der Waals surface area contributed by atoms with Gasteiger partial charge >= 0.3 is 0 Å². The average molecular weight is 302 g/mol. The molecule has 0 radical (unpaired) electrons. The second kappa shape index (κ2) is 7.14. The molecule has 4 heteroatoms. The van der Waals surface area contributed by atoms with Gasteiger partial charge in [0.05, 0.1) is 6.61 Å². The topological polar surface area (TPSA) is 55.6 Å². The molecule has 1 aromatic carbocycles. The van der Waals surface area contributed by atoms with E-state index in [4.69, 9.17) is 10.5 Å². The van der Waals surface area contributed by atoms with Crippen molar-refractivity contribution >= 4 is 5.91 Å². The molecule has 0 bridgehead atoms. The minimum absolute atomic E-state index is 0.401. The number of primary amides is 1. The van der Waals surface area contributed by atoms with Gasteiger partial charge in [-0.05, 0) is 55.4 Å². The Kier molecular flexibility index (Phi) is 4.98. The van der Waals surface area contributed by atoms with E-state index in [9.17, 15) is 4.79 Å². The van der Waals surface area contributed by atoms with E-state index in [2.05, 4.69) is 4.90 Å². The fraction of sp³-hybridized carbons (Fsp3) is 0.611. The Morgan fingerprint density at radius 3 is 2.36 bits per heavy atom. The van der Waals surface area contributed by atoms with Crippen molar-refractivity contribution in [3.63, 3.8) is 0 Å². The van der Waals surface area contributed by atoms with Gasteiger partial charge in [-0.25, -0.2) is 0 Å². The number of rotatable bonds is 6. The summed E-state index contributed by atoms with van der Waals surface area (Å²) in [5.74, 6) is 2.31. The van der Waals surface area contributed by atoms with E-state index >= 15 is 0 Å². The number of benzene rings is 1. The number of nitrogens with two attached hydrogens (primary N) is 1. The third-order valence-electron chi connectivity index (χ3n) is 5.08. The van der Waals surface area contributed by atoms with Crippen molar-refractivity contribution in [3.05, 3.63) is 29.8 Å². The summed E-state index contributed by atoms with van der Waals surface area (Å²) in [5, 5.41) is 0. The van der Waals surface area contributed by atoms with E-state index in [1.54, 1.807) is 12.1 Å². The van der Waals surface area contributed by atoms with Crippen LogP contribution in [-0.2, 0) is 0 Å². The zero-order valence-electron chi connectivity index (χ0n) is 13.2. The van der Waals surface area contributed by atoms with Gasteiger partial charge in [0.25, 0.3) is 0 Å². The molecule has 2 fully saturated rings. The molecule has 1 aliphatic carbocycles. The van der Waals surface area contributed by atoms with Crippen LogP contribution in [0.25, 0.3) is 0 Å². The van der Waals surface area contributed by atoms with Crippen molar-refractivity contribution < 1.29 is 9.53 Å². The molecule has 120 valence electrons. The van der Waals surface area contributed by atoms with Crippen LogP contribution in [0.15, 0.2) is 24.3 Å². The predicted molar refractivity (Wildman–Crippen MR) is 87.0 cm³/mol. The number of ether oxygens (including phenoxy) is 1. The lowest BCUT2D eigenvalue weighted by molar-refractivity contribution is 0.100. The second-order valence-electron chi connectivity index (χ2n) is 6.65. The van der Waals surface area contributed by atoms with Crippen LogP contribution >= 0.6 is 0 Å². The molecular weight excluding hydrogens is 276 g/mol. The molecule has 1 amide bonds. The van der Waals surface area contributed by atoms with Crippen molar-refractivity contribution in [2.45, 2.75) is 32.1 Å². The van der Waals surface area contributed by atoms with Gasteiger partial charge in [0.15, 0.2) is 0 Å². The molecule has 1 aromatic rings. The summed E-state index contributed by atoms with van der Waals surface area (Å²) in [5.41, 5.74) is 5.74. The molecule has 1 aliphatic heterocycles. The first kappa shape index (κ1) is 15.3. The Bertz CT molecular complexity index is 486. The van der Waals surface area contributed by atoms with Crippen LogP contribution in [-0.4, -0.2) is 37.0 Å². The standard InChI is InChI=1S/C18H26N2O2/c19-18(21)14-6-8-17(9-7-14)22-11-3-10-20-12-15-4-1-2-5-16(15)13-20/h6-9,15-16H,1-5,10-13H2,(H2,19,21). The molecular formula is C18H26N2O2. The third kappa shape index (κ3) is 3.80. The summed E-state index contributed by atoms with van der Waals surface area (Å²) in [7, 11) is 0. The number of hydrogen-bond donors (Lipinski definition) is 1. The van der Waals surface area contributed by atoms with Gasteiger partial charge in [0.1, 0.15) is 5.75 Å². The lowest BCUT2D eigenvalue weighted by Gasteiger charge is -2.23. The van der Waals surface area contributed by atoms with Crippen LogP contribution in [0, 0.1) is 11.8 Å². The van der Waals surface area contributed by atoms with Crippen molar-refractivity contribution in [2.75, 3.05) is 26.2 Å². The van der Waals surface area contributed by atoms with Crippen molar-refractivity contribution in [2.24, 2.45) is 17.6 Å². The molecule has 0 spiro atoms. The summed E-state index contributed by atoms with van der Waals surface area (Å²) < 4.78 is 5.74. The van der Waals surface area contributed by atoms with Gasteiger partial charge in [0, 0.05) is 25.2 Å². The van der Waals surface area contributed by atoms with E-state index in [-0.39, 0.29) is 0 Å². The van der Waals surface area contributed by atoms with Gasteiger partial charge < -0.3 is 15.4 Å². The minimum atomic E-state index is -0.401. The first-order valence-electron chi connectivity index (χ1n) is 8.47. The summed E-state index contributed by atoms with van der Waals surface area (Å²) in [6, 6.07) is 7.04. The number of amides is 1. The number of carbonyl (C=O) groups is 1. The fourth-order valence-corrected chi connectivity index (χ4v) is 3.88. The Hall–Kier alpha value is -1.55. The van der Waals surface area contributed by atoms with Gasteiger partial charge in [-0.3, -0.25) is 4.79 Å². The molecule has 0 aromatic heterocycles. The molecule has 22 heavy (non-hydrogen) atoms. The number of hydrogen-bond acceptors (Lipinski definition) is 3. The van der Waals surface area contributed by atoms with E-state index < -0.39 is 5.91 Å².